The van der Waals surface area contributed by atoms with E-state index in [1.54, 1.807) is 12.3 Å². The van der Waals surface area contributed by atoms with Crippen LogP contribution in [0.3, 0.4) is 0 Å². The summed E-state index contributed by atoms with van der Waals surface area (Å²) in [6, 6.07) is 1.74. The Hall–Kier alpha value is -1.58. The quantitative estimate of drug-likeness (QED) is 0.556. The molecule has 0 aromatic carbocycles. The van der Waals surface area contributed by atoms with E-state index < -0.39 is 0 Å². The maximum Gasteiger partial charge on any atom is 0.222 e. The molecule has 0 atom stereocenters. The highest BCUT2D eigenvalue weighted by Crippen LogP contribution is 2.01. The molecule has 0 saturated heterocycles. The third-order valence-corrected chi connectivity index (χ3v) is 1.33. The SMILES string of the molecule is N=c1occc2[nH]ncc12. The Morgan fingerprint density at radius 1 is 1.60 bits per heavy atom. The molecular weight excluding hydrogens is 130 g/mol. The second kappa shape index (κ2) is 1.70. The molecule has 2 aromatic rings. The molecule has 10 heavy (non-hydrogen) atoms. The number of nitrogens with one attached hydrogen (secondary N) is 2. The van der Waals surface area contributed by atoms with E-state index >= 15 is 0 Å². The van der Waals surface area contributed by atoms with Crippen molar-refractivity contribution < 1.29 is 4.42 Å². The van der Waals surface area contributed by atoms with E-state index in [-0.39, 0.29) is 5.55 Å². The molecule has 0 spiro atoms. The van der Waals surface area contributed by atoms with Crippen molar-refractivity contribution in [3.8, 4) is 0 Å². The highest BCUT2D eigenvalue weighted by atomic mass is 16.3. The average Bonchev–Trinajstić information content (AvgIpc) is 2.36. The summed E-state index contributed by atoms with van der Waals surface area (Å²) >= 11 is 0. The first-order valence-corrected chi connectivity index (χ1v) is 2.83. The van der Waals surface area contributed by atoms with Crippen molar-refractivity contribution in [3.05, 3.63) is 24.1 Å². The van der Waals surface area contributed by atoms with Gasteiger partial charge in [0.2, 0.25) is 5.55 Å². The van der Waals surface area contributed by atoms with Gasteiger partial charge in [-0.3, -0.25) is 10.5 Å². The van der Waals surface area contributed by atoms with Gasteiger partial charge < -0.3 is 4.42 Å². The van der Waals surface area contributed by atoms with E-state index in [4.69, 9.17) is 9.83 Å². The first-order chi connectivity index (χ1) is 4.88. The summed E-state index contributed by atoms with van der Waals surface area (Å²) in [6.07, 6.45) is 3.03. The second-order valence-corrected chi connectivity index (χ2v) is 1.95. The predicted molar refractivity (Wildman–Crippen MR) is 34.2 cm³/mol. The van der Waals surface area contributed by atoms with Crippen molar-refractivity contribution in [3.63, 3.8) is 0 Å². The Balaban J connectivity index is 3.09. The first-order valence-electron chi connectivity index (χ1n) is 2.83. The van der Waals surface area contributed by atoms with Crippen LogP contribution >= 0.6 is 0 Å². The number of fused-ring (bicyclic) bond motifs is 1. The van der Waals surface area contributed by atoms with Crippen LogP contribution in [0.5, 0.6) is 0 Å². The highest BCUT2D eigenvalue weighted by molar-refractivity contribution is 5.74. The molecule has 0 unspecified atom stereocenters. The molecule has 0 bridgehead atoms. The summed E-state index contributed by atoms with van der Waals surface area (Å²) in [7, 11) is 0. The number of hydrogen-bond acceptors (Lipinski definition) is 3. The number of H-pyrrole nitrogens is 1. The zero-order valence-electron chi connectivity index (χ0n) is 5.09. The number of hydrogen-bond donors (Lipinski definition) is 2. The summed E-state index contributed by atoms with van der Waals surface area (Å²) in [5, 5.41) is 14.5. The third kappa shape index (κ3) is 0.556. The Kier molecular flexibility index (Phi) is 0.887. The van der Waals surface area contributed by atoms with E-state index in [1.807, 2.05) is 0 Å². The van der Waals surface area contributed by atoms with Gasteiger partial charge in [0.15, 0.2) is 0 Å². The van der Waals surface area contributed by atoms with Crippen molar-refractivity contribution in [1.29, 1.82) is 5.41 Å². The molecule has 0 saturated carbocycles. The molecule has 0 radical (unpaired) electrons. The monoisotopic (exact) mass is 135 g/mol. The highest BCUT2D eigenvalue weighted by Gasteiger charge is 1.95. The Bertz CT molecular complexity index is 400. The van der Waals surface area contributed by atoms with Gasteiger partial charge in [0.05, 0.1) is 23.4 Å². The molecule has 0 fully saturated rings. The molecule has 2 heterocycles. The molecule has 0 amide bonds. The van der Waals surface area contributed by atoms with Crippen LogP contribution in [0.1, 0.15) is 0 Å². The minimum Gasteiger partial charge on any atom is -0.446 e. The van der Waals surface area contributed by atoms with Crippen LogP contribution in [0.4, 0.5) is 0 Å². The van der Waals surface area contributed by atoms with Gasteiger partial charge >= 0.3 is 0 Å². The van der Waals surface area contributed by atoms with Gasteiger partial charge in [-0.15, -0.1) is 0 Å². The minimum absolute atomic E-state index is 0.145. The van der Waals surface area contributed by atoms with Gasteiger partial charge in [0.25, 0.3) is 0 Å². The van der Waals surface area contributed by atoms with Gasteiger partial charge in [-0.1, -0.05) is 0 Å². The van der Waals surface area contributed by atoms with Crippen molar-refractivity contribution in [2.75, 3.05) is 0 Å². The van der Waals surface area contributed by atoms with Gasteiger partial charge in [-0.05, 0) is 6.07 Å². The van der Waals surface area contributed by atoms with Crippen LogP contribution < -0.4 is 5.55 Å². The summed E-state index contributed by atoms with van der Waals surface area (Å²) in [4.78, 5) is 0. The Morgan fingerprint density at radius 2 is 2.50 bits per heavy atom. The maximum absolute atomic E-state index is 7.25. The van der Waals surface area contributed by atoms with Crippen LogP contribution in [-0.4, -0.2) is 10.2 Å². The second-order valence-electron chi connectivity index (χ2n) is 1.95. The van der Waals surface area contributed by atoms with Crippen molar-refractivity contribution in [2.24, 2.45) is 0 Å². The average molecular weight is 135 g/mol. The van der Waals surface area contributed by atoms with E-state index in [9.17, 15) is 0 Å². The minimum atomic E-state index is 0.145. The summed E-state index contributed by atoms with van der Waals surface area (Å²) in [5.74, 6) is 0. The number of aromatic nitrogens is 2. The fourth-order valence-corrected chi connectivity index (χ4v) is 0.838. The molecule has 2 N–H and O–H groups in total. The standard InChI is InChI=1S/C6H5N3O/c7-6-4-3-8-9-5(4)1-2-10-6/h1-3,7H,(H,8,9). The van der Waals surface area contributed by atoms with Crippen LogP contribution in [0, 0.1) is 5.41 Å². The third-order valence-electron chi connectivity index (χ3n) is 1.33. The smallest absolute Gasteiger partial charge is 0.222 e. The van der Waals surface area contributed by atoms with E-state index in [2.05, 4.69) is 10.2 Å². The normalized spacial score (nSPS) is 10.4. The lowest BCUT2D eigenvalue weighted by atomic mass is 10.4. The lowest BCUT2D eigenvalue weighted by Gasteiger charge is -1.83. The predicted octanol–water partition coefficient (Wildman–Crippen LogP) is 0.635. The Morgan fingerprint density at radius 3 is 3.30 bits per heavy atom. The zero-order valence-corrected chi connectivity index (χ0v) is 5.09. The molecule has 0 aliphatic heterocycles. The van der Waals surface area contributed by atoms with Crippen LogP contribution in [-0.2, 0) is 0 Å². The van der Waals surface area contributed by atoms with E-state index in [0.29, 0.717) is 5.39 Å². The molecular formula is C6H5N3O. The molecule has 2 aromatic heterocycles. The summed E-state index contributed by atoms with van der Waals surface area (Å²) < 4.78 is 4.81. The largest absolute Gasteiger partial charge is 0.446 e. The number of rotatable bonds is 0. The Labute approximate surface area is 56.0 Å². The van der Waals surface area contributed by atoms with Gasteiger partial charge in [0.1, 0.15) is 0 Å². The summed E-state index contributed by atoms with van der Waals surface area (Å²) in [6.45, 7) is 0. The molecule has 0 aliphatic carbocycles. The van der Waals surface area contributed by atoms with Gasteiger partial charge in [0, 0.05) is 0 Å². The lowest BCUT2D eigenvalue weighted by molar-refractivity contribution is 0.496. The topological polar surface area (TPSA) is 65.7 Å². The van der Waals surface area contributed by atoms with Gasteiger partial charge in [-0.25, -0.2) is 0 Å². The van der Waals surface area contributed by atoms with Crippen LogP contribution in [0.2, 0.25) is 0 Å². The van der Waals surface area contributed by atoms with Crippen molar-refractivity contribution in [1.82, 2.24) is 10.2 Å². The van der Waals surface area contributed by atoms with E-state index in [0.717, 1.165) is 5.52 Å². The fourth-order valence-electron chi connectivity index (χ4n) is 0.838. The van der Waals surface area contributed by atoms with Crippen molar-refractivity contribution in [2.45, 2.75) is 0 Å². The fraction of sp³-hybridized carbons (Fsp3) is 0. The molecule has 4 heteroatoms. The van der Waals surface area contributed by atoms with E-state index in [1.165, 1.54) is 6.26 Å². The zero-order chi connectivity index (χ0) is 6.97. The van der Waals surface area contributed by atoms with Crippen molar-refractivity contribution >= 4 is 10.9 Å². The number of nitrogens with zero attached hydrogens (tertiary/aromatic N) is 1. The molecule has 2 rings (SSSR count). The van der Waals surface area contributed by atoms with Gasteiger partial charge in [-0.2, -0.15) is 5.10 Å². The number of aromatic amines is 1. The molecule has 50 valence electrons. The van der Waals surface area contributed by atoms with Crippen LogP contribution in [0.15, 0.2) is 22.9 Å². The first kappa shape index (κ1) is 5.22. The maximum atomic E-state index is 7.25. The molecule has 4 nitrogen and oxygen atoms in total. The van der Waals surface area contributed by atoms with Crippen LogP contribution in [0.25, 0.3) is 10.9 Å². The molecule has 0 aliphatic rings. The summed E-state index contributed by atoms with van der Waals surface area (Å²) in [5.41, 5.74) is 0.975. The lowest BCUT2D eigenvalue weighted by Crippen LogP contribution is -1.95.